The lowest BCUT2D eigenvalue weighted by Crippen LogP contribution is -2.39. The summed E-state index contributed by atoms with van der Waals surface area (Å²) < 4.78 is 7.32. The molecule has 0 fully saturated rings. The number of allylic oxidation sites excluding steroid dienone is 1. The van der Waals surface area contributed by atoms with E-state index in [4.69, 9.17) is 27.9 Å². The Balaban J connectivity index is 1.92. The van der Waals surface area contributed by atoms with Crippen molar-refractivity contribution in [2.24, 2.45) is 4.99 Å². The molecule has 32 heavy (non-hydrogen) atoms. The van der Waals surface area contributed by atoms with Gasteiger partial charge in [-0.3, -0.25) is 9.36 Å². The van der Waals surface area contributed by atoms with E-state index in [0.29, 0.717) is 30.6 Å². The van der Waals surface area contributed by atoms with Gasteiger partial charge < -0.3 is 4.74 Å². The van der Waals surface area contributed by atoms with Crippen molar-refractivity contribution in [3.05, 3.63) is 113 Å². The monoisotopic (exact) mass is 484 g/mol. The summed E-state index contributed by atoms with van der Waals surface area (Å²) in [6.07, 6.45) is 3.24. The normalized spacial score (nSPS) is 15.8. The maximum Gasteiger partial charge on any atom is 0.338 e. The number of rotatable bonds is 5. The van der Waals surface area contributed by atoms with Crippen LogP contribution in [0.1, 0.15) is 24.1 Å². The molecular weight excluding hydrogens is 467 g/mol. The molecule has 162 valence electrons. The van der Waals surface area contributed by atoms with Crippen molar-refractivity contribution in [2.45, 2.75) is 13.0 Å². The Bertz CT molecular complexity index is 1420. The maximum atomic E-state index is 13.5. The Kier molecular flexibility index (Phi) is 6.46. The molecule has 4 rings (SSSR count). The number of esters is 1. The van der Waals surface area contributed by atoms with Crippen molar-refractivity contribution < 1.29 is 9.53 Å². The van der Waals surface area contributed by atoms with E-state index in [1.165, 1.54) is 17.4 Å². The van der Waals surface area contributed by atoms with Gasteiger partial charge in [0.05, 0.1) is 31.9 Å². The van der Waals surface area contributed by atoms with Gasteiger partial charge in [-0.2, -0.15) is 0 Å². The SMILES string of the molecule is C=CCOC(=O)C1=C(C)N=c2s/c(=C/c3ccc(Cl)c(Cl)c3)c(=O)n2C1c1ccccc1. The highest BCUT2D eigenvalue weighted by atomic mass is 35.5. The number of ether oxygens (including phenoxy) is 1. The Morgan fingerprint density at radius 2 is 1.97 bits per heavy atom. The van der Waals surface area contributed by atoms with Gasteiger partial charge >= 0.3 is 5.97 Å². The van der Waals surface area contributed by atoms with Crippen LogP contribution in [-0.2, 0) is 9.53 Å². The van der Waals surface area contributed by atoms with Crippen LogP contribution in [0.4, 0.5) is 0 Å². The number of aromatic nitrogens is 1. The topological polar surface area (TPSA) is 60.7 Å². The molecule has 0 saturated heterocycles. The van der Waals surface area contributed by atoms with Crippen LogP contribution < -0.4 is 14.9 Å². The van der Waals surface area contributed by atoms with Gasteiger partial charge in [-0.05, 0) is 36.3 Å². The smallest absolute Gasteiger partial charge is 0.338 e. The van der Waals surface area contributed by atoms with E-state index in [0.717, 1.165) is 11.1 Å². The molecular formula is C24H18Cl2N2O3S. The third-order valence-corrected chi connectivity index (χ3v) is 6.65. The lowest BCUT2D eigenvalue weighted by molar-refractivity contribution is -0.138. The van der Waals surface area contributed by atoms with Gasteiger partial charge in [0.1, 0.15) is 6.61 Å². The summed E-state index contributed by atoms with van der Waals surface area (Å²) in [5.41, 5.74) is 2.11. The molecule has 0 aliphatic carbocycles. The number of fused-ring (bicyclic) bond motifs is 1. The van der Waals surface area contributed by atoms with Gasteiger partial charge in [0.2, 0.25) is 0 Å². The number of carbonyl (C=O) groups excluding carboxylic acids is 1. The van der Waals surface area contributed by atoms with Crippen LogP contribution in [-0.4, -0.2) is 17.1 Å². The fourth-order valence-electron chi connectivity index (χ4n) is 3.50. The molecule has 0 saturated carbocycles. The predicted octanol–water partition coefficient (Wildman–Crippen LogP) is 4.27. The fraction of sp³-hybridized carbons (Fsp3) is 0.125. The van der Waals surface area contributed by atoms with Crippen LogP contribution in [0.5, 0.6) is 0 Å². The van der Waals surface area contributed by atoms with Gasteiger partial charge in [0.15, 0.2) is 4.80 Å². The van der Waals surface area contributed by atoms with E-state index >= 15 is 0 Å². The molecule has 0 bridgehead atoms. The zero-order chi connectivity index (χ0) is 22.8. The van der Waals surface area contributed by atoms with Crippen molar-refractivity contribution in [2.75, 3.05) is 6.61 Å². The Morgan fingerprint density at radius 3 is 2.66 bits per heavy atom. The molecule has 1 atom stereocenters. The highest BCUT2D eigenvalue weighted by Gasteiger charge is 2.33. The molecule has 5 nitrogen and oxygen atoms in total. The lowest BCUT2D eigenvalue weighted by atomic mass is 9.96. The first kappa shape index (κ1) is 22.3. The van der Waals surface area contributed by atoms with Crippen molar-refractivity contribution in [3.63, 3.8) is 0 Å². The number of carbonyl (C=O) groups is 1. The van der Waals surface area contributed by atoms with E-state index in [1.54, 1.807) is 35.8 Å². The average Bonchev–Trinajstić information content (AvgIpc) is 3.08. The van der Waals surface area contributed by atoms with Gasteiger partial charge in [-0.15, -0.1) is 0 Å². The molecule has 0 amide bonds. The first-order valence-electron chi connectivity index (χ1n) is 9.71. The number of thiazole rings is 1. The number of halogens is 2. The van der Waals surface area contributed by atoms with Crippen molar-refractivity contribution >= 4 is 46.6 Å². The summed E-state index contributed by atoms with van der Waals surface area (Å²) in [6, 6.07) is 13.9. The van der Waals surface area contributed by atoms with E-state index in [1.807, 2.05) is 30.3 Å². The quantitative estimate of drug-likeness (QED) is 0.401. The number of benzene rings is 2. The largest absolute Gasteiger partial charge is 0.458 e. The van der Waals surface area contributed by atoms with E-state index in [9.17, 15) is 9.59 Å². The second kappa shape index (κ2) is 9.28. The zero-order valence-corrected chi connectivity index (χ0v) is 19.4. The number of hydrogen-bond acceptors (Lipinski definition) is 5. The van der Waals surface area contributed by atoms with Gasteiger partial charge in [0.25, 0.3) is 5.56 Å². The van der Waals surface area contributed by atoms with E-state index < -0.39 is 12.0 Å². The second-order valence-electron chi connectivity index (χ2n) is 7.05. The molecule has 1 aromatic heterocycles. The summed E-state index contributed by atoms with van der Waals surface area (Å²) in [4.78, 5) is 31.4. The van der Waals surface area contributed by atoms with Gasteiger partial charge in [-0.1, -0.05) is 83.6 Å². The minimum atomic E-state index is -0.652. The van der Waals surface area contributed by atoms with Crippen LogP contribution >= 0.6 is 34.5 Å². The lowest BCUT2D eigenvalue weighted by Gasteiger charge is -2.24. The van der Waals surface area contributed by atoms with Crippen molar-refractivity contribution in [1.29, 1.82) is 0 Å². The van der Waals surface area contributed by atoms with Crippen LogP contribution in [0.3, 0.4) is 0 Å². The average molecular weight is 485 g/mol. The third kappa shape index (κ3) is 4.21. The fourth-order valence-corrected chi connectivity index (χ4v) is 4.85. The molecule has 0 spiro atoms. The predicted molar refractivity (Wildman–Crippen MR) is 128 cm³/mol. The van der Waals surface area contributed by atoms with E-state index in [-0.39, 0.29) is 12.2 Å². The highest BCUT2D eigenvalue weighted by Crippen LogP contribution is 2.30. The molecule has 1 aliphatic rings. The summed E-state index contributed by atoms with van der Waals surface area (Å²) in [7, 11) is 0. The molecule has 0 radical (unpaired) electrons. The van der Waals surface area contributed by atoms with Crippen LogP contribution in [0.25, 0.3) is 6.08 Å². The molecule has 2 aromatic carbocycles. The Hall–Kier alpha value is -2.93. The first-order chi connectivity index (χ1) is 15.4. The summed E-state index contributed by atoms with van der Waals surface area (Å²) in [5, 5.41) is 0.839. The van der Waals surface area contributed by atoms with Gasteiger partial charge in [0, 0.05) is 0 Å². The first-order valence-corrected chi connectivity index (χ1v) is 11.3. The molecule has 3 aromatic rings. The maximum absolute atomic E-state index is 13.5. The molecule has 0 N–H and O–H groups in total. The minimum absolute atomic E-state index is 0.0683. The van der Waals surface area contributed by atoms with Crippen molar-refractivity contribution in [3.8, 4) is 0 Å². The molecule has 1 aliphatic heterocycles. The standard InChI is InChI=1S/C24H18Cl2N2O3S/c1-3-11-31-23(30)20-14(2)27-24-28(21(20)16-7-5-4-6-8-16)22(29)19(32-24)13-15-9-10-17(25)18(26)12-15/h3-10,12-13,21H,1,11H2,2H3/b19-13+. The summed E-state index contributed by atoms with van der Waals surface area (Å²) >= 11 is 13.4. The number of nitrogens with zero attached hydrogens (tertiary/aromatic N) is 2. The van der Waals surface area contributed by atoms with Gasteiger partial charge in [-0.25, -0.2) is 9.79 Å². The summed E-state index contributed by atoms with van der Waals surface area (Å²) in [6.45, 7) is 5.40. The zero-order valence-electron chi connectivity index (χ0n) is 17.0. The van der Waals surface area contributed by atoms with E-state index in [2.05, 4.69) is 11.6 Å². The minimum Gasteiger partial charge on any atom is -0.458 e. The van der Waals surface area contributed by atoms with Crippen LogP contribution in [0.2, 0.25) is 10.0 Å². The highest BCUT2D eigenvalue weighted by molar-refractivity contribution is 7.07. The molecule has 1 unspecified atom stereocenters. The third-order valence-electron chi connectivity index (χ3n) is 4.93. The van der Waals surface area contributed by atoms with Crippen LogP contribution in [0.15, 0.2) is 82.2 Å². The van der Waals surface area contributed by atoms with Crippen LogP contribution in [0, 0.1) is 0 Å². The number of hydrogen-bond donors (Lipinski definition) is 0. The molecule has 8 heteroatoms. The second-order valence-corrected chi connectivity index (χ2v) is 8.88. The Morgan fingerprint density at radius 1 is 1.22 bits per heavy atom. The summed E-state index contributed by atoms with van der Waals surface area (Å²) in [5.74, 6) is -0.529. The Labute approximate surface area is 198 Å². The molecule has 2 heterocycles. The van der Waals surface area contributed by atoms with Crippen molar-refractivity contribution in [1.82, 2.24) is 4.57 Å².